The van der Waals surface area contributed by atoms with Crippen LogP contribution >= 0.6 is 15.9 Å². The van der Waals surface area contributed by atoms with Gasteiger partial charge in [-0.25, -0.2) is 9.59 Å². The summed E-state index contributed by atoms with van der Waals surface area (Å²) in [4.78, 5) is 24.2. The van der Waals surface area contributed by atoms with Crippen LogP contribution in [0.4, 0.5) is 0 Å². The fourth-order valence-corrected chi connectivity index (χ4v) is 2.71. The van der Waals surface area contributed by atoms with Gasteiger partial charge in [0.25, 0.3) is 0 Å². The van der Waals surface area contributed by atoms with Crippen molar-refractivity contribution in [1.29, 1.82) is 0 Å². The zero-order valence-corrected chi connectivity index (χ0v) is 17.0. The van der Waals surface area contributed by atoms with Crippen LogP contribution in [0.15, 0.2) is 52.4 Å². The summed E-state index contributed by atoms with van der Waals surface area (Å²) in [7, 11) is 0. The van der Waals surface area contributed by atoms with Crippen molar-refractivity contribution in [3.63, 3.8) is 0 Å². The van der Waals surface area contributed by atoms with Crippen molar-refractivity contribution in [3.8, 4) is 0 Å². The van der Waals surface area contributed by atoms with E-state index >= 15 is 0 Å². The number of hydrogen-bond acceptors (Lipinski definition) is 5. The average molecular weight is 423 g/mol. The Bertz CT molecular complexity index is 726. The maximum atomic E-state index is 12.4. The molecule has 26 heavy (non-hydrogen) atoms. The molecule has 0 saturated carbocycles. The first-order chi connectivity index (χ1) is 12.2. The second-order valence-electron chi connectivity index (χ2n) is 6.86. The van der Waals surface area contributed by atoms with Gasteiger partial charge < -0.3 is 14.2 Å². The Labute approximate surface area is 162 Å². The summed E-state index contributed by atoms with van der Waals surface area (Å²) in [5.74, 6) is -0.717. The smallest absolute Gasteiger partial charge is 0.374 e. The molecule has 0 fully saturated rings. The summed E-state index contributed by atoms with van der Waals surface area (Å²) < 4.78 is 16.9. The van der Waals surface area contributed by atoms with Crippen LogP contribution in [0.2, 0.25) is 0 Å². The zero-order valence-electron chi connectivity index (χ0n) is 15.4. The van der Waals surface area contributed by atoms with Crippen LogP contribution in [0.3, 0.4) is 0 Å². The minimum Gasteiger partial charge on any atom is -0.463 e. The van der Waals surface area contributed by atoms with Crippen molar-refractivity contribution in [2.24, 2.45) is 0 Å². The van der Waals surface area contributed by atoms with Crippen molar-refractivity contribution in [2.75, 3.05) is 6.61 Å². The van der Waals surface area contributed by atoms with E-state index in [1.165, 1.54) is 6.08 Å². The first-order valence-electron chi connectivity index (χ1n) is 8.43. The SMILES string of the molecule is CCOC(=O)/C=C1\C[C@H](c2ccc(Br)cc2)C=C(C(=O)OC(C)(C)C)O1. The third kappa shape index (κ3) is 6.02. The van der Waals surface area contributed by atoms with Gasteiger partial charge >= 0.3 is 11.9 Å². The molecule has 0 bridgehead atoms. The van der Waals surface area contributed by atoms with Crippen LogP contribution < -0.4 is 0 Å². The van der Waals surface area contributed by atoms with E-state index in [2.05, 4.69) is 15.9 Å². The molecule has 1 heterocycles. The Morgan fingerprint density at radius 3 is 2.50 bits per heavy atom. The molecule has 1 aliphatic rings. The quantitative estimate of drug-likeness (QED) is 0.522. The minimum absolute atomic E-state index is 0.0784. The maximum Gasteiger partial charge on any atom is 0.374 e. The highest BCUT2D eigenvalue weighted by Gasteiger charge is 2.28. The van der Waals surface area contributed by atoms with E-state index in [4.69, 9.17) is 14.2 Å². The van der Waals surface area contributed by atoms with Gasteiger partial charge in [0.1, 0.15) is 11.4 Å². The van der Waals surface area contributed by atoms with E-state index < -0.39 is 17.5 Å². The lowest BCUT2D eigenvalue weighted by atomic mass is 9.92. The van der Waals surface area contributed by atoms with E-state index in [1.54, 1.807) is 33.8 Å². The van der Waals surface area contributed by atoms with Crippen LogP contribution in [0.1, 0.15) is 45.6 Å². The molecule has 140 valence electrons. The average Bonchev–Trinajstić information content (AvgIpc) is 2.53. The fourth-order valence-electron chi connectivity index (χ4n) is 2.44. The molecule has 1 aliphatic heterocycles. The summed E-state index contributed by atoms with van der Waals surface area (Å²) in [6.07, 6.45) is 3.47. The Balaban J connectivity index is 2.32. The molecule has 1 aromatic rings. The first kappa shape index (κ1) is 20.2. The van der Waals surface area contributed by atoms with Gasteiger partial charge in [-0.1, -0.05) is 28.1 Å². The van der Waals surface area contributed by atoms with E-state index in [0.717, 1.165) is 10.0 Å². The molecule has 0 radical (unpaired) electrons. The highest BCUT2D eigenvalue weighted by Crippen LogP contribution is 2.34. The Hall–Kier alpha value is -2.08. The fraction of sp³-hybridized carbons (Fsp3) is 0.400. The molecule has 2 rings (SSSR count). The number of halogens is 1. The molecule has 1 atom stereocenters. The van der Waals surface area contributed by atoms with Gasteiger partial charge in [-0.3, -0.25) is 0 Å². The van der Waals surface area contributed by atoms with Crippen LogP contribution in [0, 0.1) is 0 Å². The second-order valence-corrected chi connectivity index (χ2v) is 7.78. The van der Waals surface area contributed by atoms with Gasteiger partial charge in [0.2, 0.25) is 5.76 Å². The lowest BCUT2D eigenvalue weighted by Crippen LogP contribution is -2.27. The number of benzene rings is 1. The minimum atomic E-state index is -0.642. The topological polar surface area (TPSA) is 61.8 Å². The van der Waals surface area contributed by atoms with Crippen molar-refractivity contribution in [1.82, 2.24) is 0 Å². The zero-order chi connectivity index (χ0) is 19.3. The van der Waals surface area contributed by atoms with Gasteiger partial charge in [-0.15, -0.1) is 0 Å². The van der Waals surface area contributed by atoms with Gasteiger partial charge in [-0.05, 0) is 51.5 Å². The van der Waals surface area contributed by atoms with Gasteiger partial charge in [0.05, 0.1) is 12.7 Å². The predicted molar refractivity (Wildman–Crippen MR) is 101 cm³/mol. The van der Waals surface area contributed by atoms with E-state index in [1.807, 2.05) is 24.3 Å². The number of allylic oxidation sites excluding steroid dienone is 2. The number of esters is 2. The van der Waals surface area contributed by atoms with Crippen molar-refractivity contribution < 1.29 is 23.8 Å². The summed E-state index contributed by atoms with van der Waals surface area (Å²) in [6, 6.07) is 7.79. The van der Waals surface area contributed by atoms with Crippen molar-refractivity contribution in [3.05, 3.63) is 58.0 Å². The molecular weight excluding hydrogens is 400 g/mol. The maximum absolute atomic E-state index is 12.4. The number of carbonyl (C=O) groups excluding carboxylic acids is 2. The highest BCUT2D eigenvalue weighted by molar-refractivity contribution is 9.10. The van der Waals surface area contributed by atoms with E-state index in [0.29, 0.717) is 12.2 Å². The van der Waals surface area contributed by atoms with Crippen LogP contribution in [-0.4, -0.2) is 24.1 Å². The molecule has 6 heteroatoms. The number of rotatable bonds is 4. The molecule has 0 amide bonds. The van der Waals surface area contributed by atoms with E-state index in [9.17, 15) is 9.59 Å². The number of hydrogen-bond donors (Lipinski definition) is 0. The van der Waals surface area contributed by atoms with Gasteiger partial charge in [-0.2, -0.15) is 0 Å². The third-order valence-corrected chi connectivity index (χ3v) is 4.01. The molecule has 1 aromatic carbocycles. The number of ether oxygens (including phenoxy) is 3. The Morgan fingerprint density at radius 1 is 1.27 bits per heavy atom. The van der Waals surface area contributed by atoms with Crippen molar-refractivity contribution >= 4 is 27.9 Å². The van der Waals surface area contributed by atoms with Gasteiger partial charge in [0.15, 0.2) is 0 Å². The summed E-state index contributed by atoms with van der Waals surface area (Å²) in [5.41, 5.74) is 0.365. The van der Waals surface area contributed by atoms with E-state index in [-0.39, 0.29) is 18.3 Å². The second kappa shape index (κ2) is 8.54. The summed E-state index contributed by atoms with van der Waals surface area (Å²) in [6.45, 7) is 7.36. The Kier molecular flexibility index (Phi) is 6.64. The lowest BCUT2D eigenvalue weighted by Gasteiger charge is -2.26. The van der Waals surface area contributed by atoms with Crippen LogP contribution in [-0.2, 0) is 23.8 Å². The van der Waals surface area contributed by atoms with Gasteiger partial charge in [0, 0.05) is 16.8 Å². The highest BCUT2D eigenvalue weighted by atomic mass is 79.9. The molecule has 0 spiro atoms. The van der Waals surface area contributed by atoms with Crippen molar-refractivity contribution in [2.45, 2.75) is 45.6 Å². The molecule has 0 saturated heterocycles. The molecule has 0 unspecified atom stereocenters. The lowest BCUT2D eigenvalue weighted by molar-refractivity contribution is -0.154. The predicted octanol–water partition coefficient (Wildman–Crippen LogP) is 4.63. The largest absolute Gasteiger partial charge is 0.463 e. The third-order valence-electron chi connectivity index (χ3n) is 3.48. The number of carbonyl (C=O) groups is 2. The molecule has 5 nitrogen and oxygen atoms in total. The molecule has 0 aromatic heterocycles. The van der Waals surface area contributed by atoms with Crippen LogP contribution in [0.5, 0.6) is 0 Å². The summed E-state index contributed by atoms with van der Waals surface area (Å²) in [5, 5.41) is 0. The summed E-state index contributed by atoms with van der Waals surface area (Å²) >= 11 is 3.41. The first-order valence-corrected chi connectivity index (χ1v) is 9.23. The Morgan fingerprint density at radius 2 is 1.92 bits per heavy atom. The monoisotopic (exact) mass is 422 g/mol. The molecular formula is C20H23BrO5. The normalized spacial score (nSPS) is 18.7. The van der Waals surface area contributed by atoms with Crippen LogP contribution in [0.25, 0.3) is 0 Å². The standard InChI is InChI=1S/C20H23BrO5/c1-5-24-18(22)12-16-10-14(13-6-8-15(21)9-7-13)11-17(25-16)19(23)26-20(2,3)4/h6-9,11-12,14H,5,10H2,1-4H3/b16-12+/t14-/m0/s1. The molecule has 0 aliphatic carbocycles. The molecule has 0 N–H and O–H groups in total.